The predicted octanol–water partition coefficient (Wildman–Crippen LogP) is 1.26. The fourth-order valence-electron chi connectivity index (χ4n) is 1.51. The van der Waals surface area contributed by atoms with Gasteiger partial charge in [-0.15, -0.1) is 0 Å². The minimum Gasteiger partial charge on any atom is -0.339 e. The fraction of sp³-hybridized carbons (Fsp3) is 0.778. The number of nitrogens with one attached hydrogen (secondary N) is 1. The summed E-state index contributed by atoms with van der Waals surface area (Å²) in [5, 5.41) is 7.19. The van der Waals surface area contributed by atoms with Gasteiger partial charge in [0.05, 0.1) is 5.75 Å². The van der Waals surface area contributed by atoms with Gasteiger partial charge in [0.25, 0.3) is 0 Å². The third-order valence-corrected chi connectivity index (χ3v) is 3.21. The molecule has 1 unspecified atom stereocenters. The van der Waals surface area contributed by atoms with Crippen molar-refractivity contribution in [2.75, 3.05) is 19.3 Å². The molecule has 0 aromatic carbocycles. The number of rotatable bonds is 4. The molecule has 0 aliphatic carbocycles. The molecule has 5 heteroatoms. The maximum atomic E-state index is 5.23. The Hall–Kier alpha value is -0.550. The molecule has 14 heavy (non-hydrogen) atoms. The van der Waals surface area contributed by atoms with Gasteiger partial charge in [0, 0.05) is 5.92 Å². The van der Waals surface area contributed by atoms with Crippen molar-refractivity contribution in [1.82, 2.24) is 15.5 Å². The summed E-state index contributed by atoms with van der Waals surface area (Å²) >= 11 is 1.71. The Bertz CT molecular complexity index is 298. The number of hydrogen-bond donors (Lipinski definition) is 1. The molecule has 0 saturated carbocycles. The first-order chi connectivity index (χ1) is 6.81. The first-order valence-corrected chi connectivity index (χ1v) is 6.22. The van der Waals surface area contributed by atoms with E-state index in [1.807, 2.05) is 6.26 Å². The average molecular weight is 213 g/mol. The molecule has 0 amide bonds. The van der Waals surface area contributed by atoms with Crippen LogP contribution in [-0.2, 0) is 5.75 Å². The molecule has 2 rings (SSSR count). The maximum Gasteiger partial charge on any atom is 0.229 e. The van der Waals surface area contributed by atoms with Gasteiger partial charge in [0.2, 0.25) is 5.89 Å². The summed E-state index contributed by atoms with van der Waals surface area (Å²) in [5.74, 6) is 3.49. The van der Waals surface area contributed by atoms with Crippen LogP contribution < -0.4 is 5.32 Å². The van der Waals surface area contributed by atoms with E-state index in [0.717, 1.165) is 30.6 Å². The van der Waals surface area contributed by atoms with Crippen LogP contribution in [0.2, 0.25) is 0 Å². The van der Waals surface area contributed by atoms with Crippen LogP contribution in [0.1, 0.15) is 24.6 Å². The molecule has 1 N–H and O–H groups in total. The van der Waals surface area contributed by atoms with Crippen molar-refractivity contribution in [3.05, 3.63) is 11.7 Å². The van der Waals surface area contributed by atoms with E-state index in [-0.39, 0.29) is 0 Å². The Balaban J connectivity index is 2.00. The van der Waals surface area contributed by atoms with Crippen molar-refractivity contribution in [3.8, 4) is 0 Å². The van der Waals surface area contributed by atoms with E-state index in [0.29, 0.717) is 11.8 Å². The highest BCUT2D eigenvalue weighted by atomic mass is 32.2. The zero-order valence-electron chi connectivity index (χ0n) is 8.49. The summed E-state index contributed by atoms with van der Waals surface area (Å²) in [7, 11) is 0. The van der Waals surface area contributed by atoms with Crippen molar-refractivity contribution in [2.24, 2.45) is 5.92 Å². The highest BCUT2D eigenvalue weighted by molar-refractivity contribution is 7.97. The minimum absolute atomic E-state index is 0.388. The minimum atomic E-state index is 0.388. The van der Waals surface area contributed by atoms with Crippen LogP contribution in [0, 0.1) is 5.92 Å². The molecule has 0 bridgehead atoms. The van der Waals surface area contributed by atoms with Crippen LogP contribution in [0.4, 0.5) is 0 Å². The molecule has 1 aliphatic rings. The zero-order valence-corrected chi connectivity index (χ0v) is 9.30. The topological polar surface area (TPSA) is 51.0 Å². The quantitative estimate of drug-likeness (QED) is 0.816. The van der Waals surface area contributed by atoms with Gasteiger partial charge in [-0.3, -0.25) is 0 Å². The molecule has 0 spiro atoms. The lowest BCUT2D eigenvalue weighted by Crippen LogP contribution is -2.44. The SMILES string of the molecule is CSCc1noc(C(C)C2CNC2)n1. The van der Waals surface area contributed by atoms with E-state index >= 15 is 0 Å². The largest absolute Gasteiger partial charge is 0.339 e. The molecular formula is C9H15N3OS. The Morgan fingerprint density at radius 1 is 1.64 bits per heavy atom. The van der Waals surface area contributed by atoms with E-state index in [1.54, 1.807) is 11.8 Å². The van der Waals surface area contributed by atoms with Crippen molar-refractivity contribution in [2.45, 2.75) is 18.6 Å². The highest BCUT2D eigenvalue weighted by Gasteiger charge is 2.28. The summed E-state index contributed by atoms with van der Waals surface area (Å²) in [5.41, 5.74) is 0. The van der Waals surface area contributed by atoms with Gasteiger partial charge in [-0.1, -0.05) is 12.1 Å². The molecule has 1 fully saturated rings. The van der Waals surface area contributed by atoms with Gasteiger partial charge in [-0.2, -0.15) is 16.7 Å². The van der Waals surface area contributed by atoms with Gasteiger partial charge >= 0.3 is 0 Å². The second kappa shape index (κ2) is 4.31. The lowest BCUT2D eigenvalue weighted by atomic mass is 9.89. The Kier molecular flexibility index (Phi) is 3.08. The predicted molar refractivity (Wildman–Crippen MR) is 56.3 cm³/mol. The normalized spacial score (nSPS) is 19.3. The molecule has 1 aromatic rings. The van der Waals surface area contributed by atoms with Crippen LogP contribution in [0.5, 0.6) is 0 Å². The summed E-state index contributed by atoms with van der Waals surface area (Å²) in [4.78, 5) is 4.38. The molecule has 1 atom stereocenters. The number of nitrogens with zero attached hydrogens (tertiary/aromatic N) is 2. The molecule has 78 valence electrons. The second-order valence-electron chi connectivity index (χ2n) is 3.69. The fourth-order valence-corrected chi connectivity index (χ4v) is 1.88. The van der Waals surface area contributed by atoms with Crippen molar-refractivity contribution in [1.29, 1.82) is 0 Å². The average Bonchev–Trinajstić information content (AvgIpc) is 2.50. The van der Waals surface area contributed by atoms with Crippen LogP contribution in [0.25, 0.3) is 0 Å². The summed E-state index contributed by atoms with van der Waals surface area (Å²) in [6.45, 7) is 4.30. The van der Waals surface area contributed by atoms with Crippen molar-refractivity contribution in [3.63, 3.8) is 0 Å². The van der Waals surface area contributed by atoms with E-state index in [2.05, 4.69) is 22.4 Å². The van der Waals surface area contributed by atoms with E-state index in [9.17, 15) is 0 Å². The van der Waals surface area contributed by atoms with Crippen LogP contribution in [0.3, 0.4) is 0 Å². The number of thioether (sulfide) groups is 1. The lowest BCUT2D eigenvalue weighted by molar-refractivity contribution is 0.252. The zero-order chi connectivity index (χ0) is 9.97. The van der Waals surface area contributed by atoms with Crippen LogP contribution >= 0.6 is 11.8 Å². The smallest absolute Gasteiger partial charge is 0.229 e. The maximum absolute atomic E-state index is 5.23. The van der Waals surface area contributed by atoms with E-state index in [1.165, 1.54) is 0 Å². The first-order valence-electron chi connectivity index (χ1n) is 4.83. The van der Waals surface area contributed by atoms with Gasteiger partial charge in [-0.05, 0) is 25.3 Å². The number of hydrogen-bond acceptors (Lipinski definition) is 5. The molecule has 1 aromatic heterocycles. The molecule has 2 heterocycles. The number of aromatic nitrogens is 2. The summed E-state index contributed by atoms with van der Waals surface area (Å²) < 4.78 is 5.23. The van der Waals surface area contributed by atoms with E-state index < -0.39 is 0 Å². The lowest BCUT2D eigenvalue weighted by Gasteiger charge is -2.30. The van der Waals surface area contributed by atoms with Crippen LogP contribution in [-0.4, -0.2) is 29.5 Å². The molecular weight excluding hydrogens is 198 g/mol. The van der Waals surface area contributed by atoms with Crippen LogP contribution in [0.15, 0.2) is 4.52 Å². The van der Waals surface area contributed by atoms with Crippen molar-refractivity contribution < 1.29 is 4.52 Å². The Morgan fingerprint density at radius 2 is 2.43 bits per heavy atom. The third kappa shape index (κ3) is 1.93. The molecule has 0 radical (unpaired) electrons. The van der Waals surface area contributed by atoms with Gasteiger partial charge in [0.15, 0.2) is 5.82 Å². The van der Waals surface area contributed by atoms with Crippen molar-refractivity contribution >= 4 is 11.8 Å². The Labute approximate surface area is 87.8 Å². The first kappa shape index (κ1) is 9.98. The third-order valence-electron chi connectivity index (χ3n) is 2.67. The van der Waals surface area contributed by atoms with Gasteiger partial charge in [-0.25, -0.2) is 0 Å². The standard InChI is InChI=1S/C9H15N3OS/c1-6(7-3-10-4-7)9-11-8(5-14-2)12-13-9/h6-7,10H,3-5H2,1-2H3. The van der Waals surface area contributed by atoms with Gasteiger partial charge in [0.1, 0.15) is 0 Å². The molecule has 1 aliphatic heterocycles. The Morgan fingerprint density at radius 3 is 3.00 bits per heavy atom. The molecule has 1 saturated heterocycles. The molecule has 4 nitrogen and oxygen atoms in total. The summed E-state index contributed by atoms with van der Waals surface area (Å²) in [6.07, 6.45) is 2.04. The van der Waals surface area contributed by atoms with Gasteiger partial charge < -0.3 is 9.84 Å². The highest BCUT2D eigenvalue weighted by Crippen LogP contribution is 2.25. The second-order valence-corrected chi connectivity index (χ2v) is 4.55. The van der Waals surface area contributed by atoms with E-state index in [4.69, 9.17) is 4.52 Å². The summed E-state index contributed by atoms with van der Waals surface area (Å²) in [6, 6.07) is 0. The monoisotopic (exact) mass is 213 g/mol.